The maximum atomic E-state index is 13.0. The lowest BCUT2D eigenvalue weighted by Gasteiger charge is -2.20. The number of fused-ring (bicyclic) bond motifs is 1. The van der Waals surface area contributed by atoms with Crippen molar-refractivity contribution in [2.75, 3.05) is 11.9 Å². The summed E-state index contributed by atoms with van der Waals surface area (Å²) in [6.45, 7) is 4.73. The van der Waals surface area contributed by atoms with Gasteiger partial charge >= 0.3 is 0 Å². The first-order valence-corrected chi connectivity index (χ1v) is 10.9. The molecule has 4 heterocycles. The number of ether oxygens (including phenoxy) is 1. The van der Waals surface area contributed by atoms with Crippen LogP contribution in [0.4, 0.5) is 5.69 Å². The summed E-state index contributed by atoms with van der Waals surface area (Å²) in [4.78, 5) is 21.8. The number of nitrogens with one attached hydrogen (secondary N) is 1. The third-order valence-corrected chi connectivity index (χ3v) is 5.79. The van der Waals surface area contributed by atoms with Crippen LogP contribution in [0.5, 0.6) is 0 Å². The number of imidazole rings is 1. The fraction of sp³-hybridized carbons (Fsp3) is 0.333. The number of benzene rings is 1. The van der Waals surface area contributed by atoms with E-state index in [-0.39, 0.29) is 12.0 Å². The Labute approximate surface area is 185 Å². The molecule has 0 radical (unpaired) electrons. The van der Waals surface area contributed by atoms with E-state index in [1.165, 1.54) is 6.42 Å². The average Bonchev–Trinajstić information content (AvgIpc) is 3.43. The second kappa shape index (κ2) is 8.55. The third-order valence-electron chi connectivity index (χ3n) is 5.79. The molecular weight excluding hydrogens is 406 g/mol. The molecule has 4 aromatic rings. The van der Waals surface area contributed by atoms with E-state index >= 15 is 0 Å². The quantitative estimate of drug-likeness (QED) is 0.504. The summed E-state index contributed by atoms with van der Waals surface area (Å²) < 4.78 is 13.0. The Kier molecular flexibility index (Phi) is 5.45. The van der Waals surface area contributed by atoms with Gasteiger partial charge in [-0.3, -0.25) is 9.20 Å². The van der Waals surface area contributed by atoms with E-state index in [2.05, 4.69) is 20.4 Å². The first kappa shape index (κ1) is 20.4. The van der Waals surface area contributed by atoms with Gasteiger partial charge in [-0.2, -0.15) is 4.98 Å². The zero-order valence-electron chi connectivity index (χ0n) is 18.2. The molecule has 1 aromatic carbocycles. The molecule has 1 N–H and O–H groups in total. The molecule has 1 amide bonds. The Morgan fingerprint density at radius 3 is 2.97 bits per heavy atom. The van der Waals surface area contributed by atoms with Crippen LogP contribution in [0.25, 0.3) is 17.0 Å². The predicted octanol–water partition coefficient (Wildman–Crippen LogP) is 4.37. The van der Waals surface area contributed by atoms with Crippen molar-refractivity contribution in [1.29, 1.82) is 0 Å². The number of rotatable bonds is 5. The number of hydrogen-bond donors (Lipinski definition) is 1. The molecular formula is C24H25N5O3. The first-order chi connectivity index (χ1) is 15.6. The second-order valence-corrected chi connectivity index (χ2v) is 8.26. The molecule has 0 bridgehead atoms. The summed E-state index contributed by atoms with van der Waals surface area (Å²) >= 11 is 0. The summed E-state index contributed by atoms with van der Waals surface area (Å²) in [5.74, 6) is 0.834. The lowest BCUT2D eigenvalue weighted by Crippen LogP contribution is -2.21. The summed E-state index contributed by atoms with van der Waals surface area (Å²) in [5.41, 5.74) is 4.70. The van der Waals surface area contributed by atoms with Crippen molar-refractivity contribution in [3.05, 3.63) is 65.4 Å². The molecule has 8 nitrogen and oxygen atoms in total. The normalized spacial score (nSPS) is 16.4. The van der Waals surface area contributed by atoms with Crippen LogP contribution < -0.4 is 5.32 Å². The molecule has 0 saturated carbocycles. The number of aromatic nitrogens is 4. The molecule has 3 aromatic heterocycles. The van der Waals surface area contributed by atoms with Gasteiger partial charge in [0.15, 0.2) is 0 Å². The van der Waals surface area contributed by atoms with E-state index in [1.807, 2.05) is 50.4 Å². The van der Waals surface area contributed by atoms with E-state index in [4.69, 9.17) is 9.26 Å². The molecule has 8 heteroatoms. The van der Waals surface area contributed by atoms with Gasteiger partial charge in [0.2, 0.25) is 11.7 Å². The maximum absolute atomic E-state index is 13.0. The molecule has 1 aliphatic heterocycles. The highest BCUT2D eigenvalue weighted by Gasteiger charge is 2.19. The van der Waals surface area contributed by atoms with Crippen LogP contribution in [0.2, 0.25) is 0 Å². The van der Waals surface area contributed by atoms with Crippen LogP contribution in [-0.4, -0.2) is 38.1 Å². The molecule has 0 spiro atoms. The van der Waals surface area contributed by atoms with Crippen molar-refractivity contribution in [1.82, 2.24) is 19.5 Å². The number of aryl methyl sites for hydroxylation is 2. The van der Waals surface area contributed by atoms with Crippen molar-refractivity contribution in [3.8, 4) is 11.4 Å². The smallest absolute Gasteiger partial charge is 0.274 e. The average molecular weight is 431 g/mol. The maximum Gasteiger partial charge on any atom is 0.274 e. The fourth-order valence-electron chi connectivity index (χ4n) is 3.95. The van der Waals surface area contributed by atoms with Gasteiger partial charge in [0.05, 0.1) is 18.7 Å². The lowest BCUT2D eigenvalue weighted by molar-refractivity contribution is 0.0124. The Bertz CT molecular complexity index is 1270. The summed E-state index contributed by atoms with van der Waals surface area (Å²) in [5, 5.41) is 7.13. The molecule has 1 saturated heterocycles. The highest BCUT2D eigenvalue weighted by Crippen LogP contribution is 2.25. The molecule has 0 aliphatic carbocycles. The SMILES string of the molecule is Cc1ccn2c(C(=O)Nc3cc(-c4noc(CC5CCCCO5)n4)ccc3C)cnc2c1. The molecule has 1 unspecified atom stereocenters. The minimum absolute atomic E-state index is 0.138. The van der Waals surface area contributed by atoms with E-state index in [1.54, 1.807) is 10.6 Å². The van der Waals surface area contributed by atoms with Crippen molar-refractivity contribution in [3.63, 3.8) is 0 Å². The van der Waals surface area contributed by atoms with Gasteiger partial charge in [-0.05, 0) is 62.4 Å². The van der Waals surface area contributed by atoms with E-state index in [0.29, 0.717) is 29.5 Å². The zero-order valence-corrected chi connectivity index (χ0v) is 18.2. The van der Waals surface area contributed by atoms with Gasteiger partial charge in [0, 0.05) is 24.1 Å². The minimum atomic E-state index is -0.232. The van der Waals surface area contributed by atoms with Crippen LogP contribution in [-0.2, 0) is 11.2 Å². The molecule has 164 valence electrons. The number of anilines is 1. The molecule has 1 atom stereocenters. The predicted molar refractivity (Wildman–Crippen MR) is 120 cm³/mol. The highest BCUT2D eigenvalue weighted by molar-refractivity contribution is 6.04. The Morgan fingerprint density at radius 2 is 2.12 bits per heavy atom. The highest BCUT2D eigenvalue weighted by atomic mass is 16.5. The molecule has 1 aliphatic rings. The second-order valence-electron chi connectivity index (χ2n) is 8.26. The number of hydrogen-bond acceptors (Lipinski definition) is 6. The molecule has 32 heavy (non-hydrogen) atoms. The van der Waals surface area contributed by atoms with E-state index in [9.17, 15) is 4.79 Å². The largest absolute Gasteiger partial charge is 0.378 e. The Hall–Kier alpha value is -3.52. The minimum Gasteiger partial charge on any atom is -0.378 e. The van der Waals surface area contributed by atoms with Gasteiger partial charge in [0.1, 0.15) is 11.3 Å². The van der Waals surface area contributed by atoms with Gasteiger partial charge < -0.3 is 14.6 Å². The summed E-state index contributed by atoms with van der Waals surface area (Å²) in [6.07, 6.45) is 7.49. The van der Waals surface area contributed by atoms with Gasteiger partial charge in [-0.15, -0.1) is 0 Å². The number of carbonyl (C=O) groups excluding carboxylic acids is 1. The van der Waals surface area contributed by atoms with Gasteiger partial charge in [0.25, 0.3) is 5.91 Å². The monoisotopic (exact) mass is 431 g/mol. The molecule has 1 fully saturated rings. The van der Waals surface area contributed by atoms with Crippen LogP contribution in [0.1, 0.15) is 46.8 Å². The van der Waals surface area contributed by atoms with Crippen molar-refractivity contribution >= 4 is 17.2 Å². The zero-order chi connectivity index (χ0) is 22.1. The van der Waals surface area contributed by atoms with Crippen LogP contribution in [0.3, 0.4) is 0 Å². The molecule has 5 rings (SSSR count). The number of carbonyl (C=O) groups is 1. The van der Waals surface area contributed by atoms with Crippen LogP contribution in [0.15, 0.2) is 47.2 Å². The third kappa shape index (κ3) is 4.13. The standard InChI is InChI=1S/C24H25N5O3/c1-15-8-9-29-20(14-25-21(29)11-15)24(30)26-19-12-17(7-6-16(19)2)23-27-22(32-28-23)13-18-5-3-4-10-31-18/h6-9,11-12,14,18H,3-5,10,13H2,1-2H3,(H,26,30). The lowest BCUT2D eigenvalue weighted by atomic mass is 10.1. The van der Waals surface area contributed by atoms with E-state index in [0.717, 1.165) is 41.8 Å². The van der Waals surface area contributed by atoms with Crippen LogP contribution >= 0.6 is 0 Å². The van der Waals surface area contributed by atoms with E-state index < -0.39 is 0 Å². The van der Waals surface area contributed by atoms with Crippen LogP contribution in [0, 0.1) is 13.8 Å². The Balaban J connectivity index is 1.35. The summed E-state index contributed by atoms with van der Waals surface area (Å²) in [6, 6.07) is 9.61. The number of amides is 1. The fourth-order valence-corrected chi connectivity index (χ4v) is 3.95. The number of pyridine rings is 1. The topological polar surface area (TPSA) is 94.5 Å². The van der Waals surface area contributed by atoms with Crippen molar-refractivity contribution in [2.24, 2.45) is 0 Å². The van der Waals surface area contributed by atoms with Crippen molar-refractivity contribution < 1.29 is 14.1 Å². The van der Waals surface area contributed by atoms with Gasteiger partial charge in [-0.25, -0.2) is 4.98 Å². The summed E-state index contributed by atoms with van der Waals surface area (Å²) in [7, 11) is 0. The van der Waals surface area contributed by atoms with Crippen molar-refractivity contribution in [2.45, 2.75) is 45.6 Å². The van der Waals surface area contributed by atoms with Gasteiger partial charge in [-0.1, -0.05) is 17.3 Å². The Morgan fingerprint density at radius 1 is 1.22 bits per heavy atom. The first-order valence-electron chi connectivity index (χ1n) is 10.9. The number of nitrogens with zero attached hydrogens (tertiary/aromatic N) is 4.